The van der Waals surface area contributed by atoms with Gasteiger partial charge in [0, 0.05) is 8.81 Å². The first kappa shape index (κ1) is 9.82. The second kappa shape index (κ2) is 5.59. The van der Waals surface area contributed by atoms with Gasteiger partial charge >= 0.3 is 5.97 Å². The summed E-state index contributed by atoms with van der Waals surface area (Å²) in [6.45, 7) is 2.31. The molecule has 0 saturated heterocycles. The van der Waals surface area contributed by atoms with E-state index in [1.54, 1.807) is 0 Å². The van der Waals surface area contributed by atoms with E-state index in [4.69, 9.17) is 15.4 Å². The van der Waals surface area contributed by atoms with E-state index in [1.165, 1.54) is 0 Å². The summed E-state index contributed by atoms with van der Waals surface area (Å²) in [6, 6.07) is -0.781. The van der Waals surface area contributed by atoms with Gasteiger partial charge in [0.1, 0.15) is 6.04 Å². The molecule has 0 rings (SSSR count). The Morgan fingerprint density at radius 1 is 1.90 bits per heavy atom. The van der Waals surface area contributed by atoms with Crippen LogP contribution in [0.2, 0.25) is 0 Å². The minimum atomic E-state index is -0.969. The lowest BCUT2D eigenvalue weighted by Gasteiger charge is -2.04. The number of carboxylic acids is 1. The van der Waals surface area contributed by atoms with Crippen LogP contribution in [0.25, 0.3) is 0 Å². The summed E-state index contributed by atoms with van der Waals surface area (Å²) in [6.07, 6.45) is 0.385. The molecule has 0 aliphatic carbocycles. The molecule has 60 valence electrons. The number of aliphatic carboxylic acids is 1. The van der Waals surface area contributed by atoms with Gasteiger partial charge in [0.2, 0.25) is 0 Å². The zero-order valence-corrected chi connectivity index (χ0v) is 6.83. The van der Waals surface area contributed by atoms with Crippen LogP contribution in [0.3, 0.4) is 0 Å². The smallest absolute Gasteiger partial charge is 0.320 e. The van der Waals surface area contributed by atoms with Crippen LogP contribution in [0, 0.1) is 0 Å². The van der Waals surface area contributed by atoms with Crippen LogP contribution < -0.4 is 5.73 Å². The van der Waals surface area contributed by atoms with E-state index < -0.39 is 12.0 Å². The molecule has 5 heteroatoms. The highest BCUT2D eigenvalue weighted by Crippen LogP contribution is 2.04. The molecule has 0 radical (unpaired) electrons. The molecule has 0 aromatic heterocycles. The van der Waals surface area contributed by atoms with E-state index in [2.05, 4.69) is 0 Å². The molecule has 0 fully saturated rings. The largest absolute Gasteiger partial charge is 0.480 e. The average molecular weight is 165 g/mol. The molecule has 10 heavy (non-hydrogen) atoms. The van der Waals surface area contributed by atoms with Gasteiger partial charge in [-0.1, -0.05) is 0 Å². The summed E-state index contributed by atoms with van der Waals surface area (Å²) >= 11 is 0. The molecule has 0 bridgehead atoms. The topological polar surface area (TPSA) is 72.5 Å². The van der Waals surface area contributed by atoms with Crippen molar-refractivity contribution in [2.45, 2.75) is 12.5 Å². The summed E-state index contributed by atoms with van der Waals surface area (Å²) in [7, 11) is 0.402. The Labute approximate surface area is 61.6 Å². The fraction of sp³-hybridized carbons (Fsp3) is 0.800. The molecular weight excluding hydrogens is 153 g/mol. The van der Waals surface area contributed by atoms with Gasteiger partial charge < -0.3 is 15.4 Å². The van der Waals surface area contributed by atoms with Crippen LogP contribution >= 0.6 is 8.81 Å². The summed E-state index contributed by atoms with van der Waals surface area (Å²) < 4.78 is 4.94. The van der Waals surface area contributed by atoms with E-state index in [9.17, 15) is 4.79 Å². The molecule has 0 saturated carbocycles. The van der Waals surface area contributed by atoms with Crippen molar-refractivity contribution in [3.05, 3.63) is 0 Å². The number of rotatable bonds is 5. The fourth-order valence-electron chi connectivity index (χ4n) is 0.411. The standard InChI is InChI=1S/C5H12NO3P/c1-10-9-3-2-4(6)5(7)8/h4,10H,2-3,6H2,1H3,(H,7,8). The second-order valence-electron chi connectivity index (χ2n) is 1.79. The van der Waals surface area contributed by atoms with Gasteiger partial charge in [-0.05, 0) is 13.1 Å². The van der Waals surface area contributed by atoms with Crippen LogP contribution in [0.15, 0.2) is 0 Å². The van der Waals surface area contributed by atoms with Crippen molar-refractivity contribution in [2.24, 2.45) is 5.73 Å². The third kappa shape index (κ3) is 4.68. The van der Waals surface area contributed by atoms with Crippen LogP contribution in [0.1, 0.15) is 6.42 Å². The normalized spacial score (nSPS) is 14.2. The van der Waals surface area contributed by atoms with Crippen molar-refractivity contribution in [3.63, 3.8) is 0 Å². The number of hydrogen-bond donors (Lipinski definition) is 2. The summed E-state index contributed by atoms with van der Waals surface area (Å²) in [5.74, 6) is -0.969. The van der Waals surface area contributed by atoms with Crippen molar-refractivity contribution in [1.29, 1.82) is 0 Å². The lowest BCUT2D eigenvalue weighted by Crippen LogP contribution is -2.30. The van der Waals surface area contributed by atoms with E-state index in [0.717, 1.165) is 0 Å². The Morgan fingerprint density at radius 2 is 2.50 bits per heavy atom. The van der Waals surface area contributed by atoms with Gasteiger partial charge in [-0.3, -0.25) is 4.79 Å². The van der Waals surface area contributed by atoms with E-state index in [1.807, 2.05) is 6.66 Å². The third-order valence-corrected chi connectivity index (χ3v) is 1.49. The maximum atomic E-state index is 10.1. The van der Waals surface area contributed by atoms with Gasteiger partial charge in [0.25, 0.3) is 0 Å². The zero-order valence-electron chi connectivity index (χ0n) is 5.83. The van der Waals surface area contributed by atoms with E-state index >= 15 is 0 Å². The van der Waals surface area contributed by atoms with Crippen LogP contribution in [-0.4, -0.2) is 30.4 Å². The molecule has 0 aliphatic rings. The Hall–Kier alpha value is -0.180. The summed E-state index contributed by atoms with van der Waals surface area (Å²) in [5, 5.41) is 8.30. The number of carboxylic acid groups (broad SMARTS) is 1. The van der Waals surface area contributed by atoms with E-state index in [0.29, 0.717) is 21.8 Å². The highest BCUT2D eigenvalue weighted by Gasteiger charge is 2.09. The van der Waals surface area contributed by atoms with Crippen molar-refractivity contribution in [3.8, 4) is 0 Å². The monoisotopic (exact) mass is 165 g/mol. The average Bonchev–Trinajstić information content (AvgIpc) is 1.88. The van der Waals surface area contributed by atoms with Crippen LogP contribution in [-0.2, 0) is 9.32 Å². The SMILES string of the molecule is CPOCCC(N)C(=O)O. The van der Waals surface area contributed by atoms with E-state index in [-0.39, 0.29) is 0 Å². The molecule has 2 unspecified atom stereocenters. The molecule has 0 heterocycles. The van der Waals surface area contributed by atoms with Crippen LogP contribution in [0.5, 0.6) is 0 Å². The first-order chi connectivity index (χ1) is 4.68. The van der Waals surface area contributed by atoms with Gasteiger partial charge in [-0.15, -0.1) is 0 Å². The zero-order chi connectivity index (χ0) is 7.98. The molecule has 0 spiro atoms. The highest BCUT2D eigenvalue weighted by atomic mass is 31.1. The predicted molar refractivity (Wildman–Crippen MR) is 40.4 cm³/mol. The molecule has 3 N–H and O–H groups in total. The van der Waals surface area contributed by atoms with Crippen molar-refractivity contribution in [2.75, 3.05) is 13.3 Å². The minimum absolute atomic E-state index is 0.385. The fourth-order valence-corrected chi connectivity index (χ4v) is 0.733. The molecule has 0 amide bonds. The van der Waals surface area contributed by atoms with Gasteiger partial charge in [-0.25, -0.2) is 0 Å². The van der Waals surface area contributed by atoms with Crippen molar-refractivity contribution in [1.82, 2.24) is 0 Å². The van der Waals surface area contributed by atoms with Gasteiger partial charge in [-0.2, -0.15) is 0 Å². The maximum absolute atomic E-state index is 10.1. The summed E-state index contributed by atoms with van der Waals surface area (Å²) in [5.41, 5.74) is 5.18. The number of nitrogens with two attached hydrogens (primary N) is 1. The third-order valence-electron chi connectivity index (χ3n) is 0.992. The first-order valence-electron chi connectivity index (χ1n) is 2.95. The molecule has 0 aliphatic heterocycles. The van der Waals surface area contributed by atoms with Crippen molar-refractivity contribution >= 4 is 14.8 Å². The minimum Gasteiger partial charge on any atom is -0.480 e. The number of hydrogen-bond acceptors (Lipinski definition) is 3. The lowest BCUT2D eigenvalue weighted by atomic mass is 10.2. The summed E-state index contributed by atoms with van der Waals surface area (Å²) in [4.78, 5) is 10.1. The van der Waals surface area contributed by atoms with Crippen molar-refractivity contribution < 1.29 is 14.4 Å². The Morgan fingerprint density at radius 3 is 2.90 bits per heavy atom. The lowest BCUT2D eigenvalue weighted by molar-refractivity contribution is -0.138. The highest BCUT2D eigenvalue weighted by molar-refractivity contribution is 7.31. The molecule has 2 atom stereocenters. The van der Waals surface area contributed by atoms with Gasteiger partial charge in [0.15, 0.2) is 0 Å². The molecule has 0 aromatic carbocycles. The number of carbonyl (C=O) groups is 1. The quantitative estimate of drug-likeness (QED) is 0.445. The van der Waals surface area contributed by atoms with Crippen LogP contribution in [0.4, 0.5) is 0 Å². The predicted octanol–water partition coefficient (Wildman–Crippen LogP) is 0.0283. The van der Waals surface area contributed by atoms with Gasteiger partial charge in [0.05, 0.1) is 6.61 Å². The molecular formula is C5H12NO3P. The first-order valence-corrected chi connectivity index (χ1v) is 4.36. The Balaban J connectivity index is 3.21. The maximum Gasteiger partial charge on any atom is 0.320 e. The molecule has 4 nitrogen and oxygen atoms in total. The second-order valence-corrected chi connectivity index (χ2v) is 2.48. The Kier molecular flexibility index (Phi) is 5.49. The Bertz CT molecular complexity index is 109. The molecule has 0 aromatic rings.